The fraction of sp³-hybridized carbons (Fsp3) is 0.333. The van der Waals surface area contributed by atoms with Gasteiger partial charge in [-0.15, -0.1) is 0 Å². The maximum atomic E-state index is 13.3. The van der Waals surface area contributed by atoms with Crippen molar-refractivity contribution in [3.63, 3.8) is 0 Å². The second-order valence-corrected chi connectivity index (χ2v) is 14.1. The number of benzene rings is 4. The lowest BCUT2D eigenvalue weighted by Crippen LogP contribution is -2.41. The molecule has 4 aliphatic rings. The van der Waals surface area contributed by atoms with Gasteiger partial charge in [-0.1, -0.05) is 24.3 Å². The van der Waals surface area contributed by atoms with Gasteiger partial charge >= 0.3 is 0 Å². The molecule has 0 aromatic heterocycles. The van der Waals surface area contributed by atoms with Gasteiger partial charge in [-0.2, -0.15) is 8.42 Å². The number of hydrogen-bond acceptors (Lipinski definition) is 7. The highest BCUT2D eigenvalue weighted by Crippen LogP contribution is 2.39. The number of carbonyl (C=O) groups excluding carboxylic acids is 4. The lowest BCUT2D eigenvalue weighted by atomic mass is 9.91. The Labute approximate surface area is 272 Å². The van der Waals surface area contributed by atoms with Crippen molar-refractivity contribution >= 4 is 55.3 Å². The van der Waals surface area contributed by atoms with Crippen LogP contribution < -0.4 is 5.32 Å². The van der Waals surface area contributed by atoms with Crippen LogP contribution in [0.25, 0.3) is 21.5 Å². The molecule has 2 aliphatic carbocycles. The molecule has 0 fully saturated rings. The largest absolute Gasteiger partial charge is 0.317 e. The standard InChI is InChI=1S/C35H31N3O4.CH4O3S/c39-32-24-12-8-20-4-5-21-9-13-25(30(24)28(20)21)33(40)37(32)18-2-1-16-36-17-3-19-38-34(41)26-14-10-22-6-7-23-11-15-27(35(38)42)31(26)29(22)23;1-5(2,3)4/h8-15,36H,1-7,16-19H2;1H3,(H,2,3,4). The van der Waals surface area contributed by atoms with Gasteiger partial charge in [-0.3, -0.25) is 33.5 Å². The molecule has 0 saturated carbocycles. The Balaban J connectivity index is 0.000000656. The van der Waals surface area contributed by atoms with E-state index in [2.05, 4.69) is 5.32 Å². The molecule has 8 rings (SSSR count). The van der Waals surface area contributed by atoms with Gasteiger partial charge in [-0.25, -0.2) is 0 Å². The van der Waals surface area contributed by atoms with E-state index in [0.29, 0.717) is 61.0 Å². The van der Waals surface area contributed by atoms with Crippen LogP contribution in [0.5, 0.6) is 0 Å². The second kappa shape index (κ2) is 12.0. The molecule has 0 atom stereocenters. The zero-order valence-corrected chi connectivity index (χ0v) is 26.9. The summed E-state index contributed by atoms with van der Waals surface area (Å²) >= 11 is 0. The molecule has 4 amide bonds. The van der Waals surface area contributed by atoms with Crippen molar-refractivity contribution in [1.29, 1.82) is 0 Å². The Hall–Kier alpha value is -4.45. The van der Waals surface area contributed by atoms with E-state index in [-0.39, 0.29) is 23.6 Å². The Bertz CT molecular complexity index is 1880. The minimum atomic E-state index is -3.67. The van der Waals surface area contributed by atoms with Gasteiger partial charge in [0, 0.05) is 46.1 Å². The van der Waals surface area contributed by atoms with Gasteiger partial charge in [0.05, 0.1) is 6.26 Å². The van der Waals surface area contributed by atoms with Crippen LogP contribution in [0.15, 0.2) is 48.5 Å². The summed E-state index contributed by atoms with van der Waals surface area (Å²) in [4.78, 5) is 55.8. The summed E-state index contributed by atoms with van der Waals surface area (Å²) in [6, 6.07) is 15.7. The first kappa shape index (κ1) is 31.2. The maximum absolute atomic E-state index is 13.3. The van der Waals surface area contributed by atoms with E-state index in [1.165, 1.54) is 32.1 Å². The fourth-order valence-electron chi connectivity index (χ4n) is 7.55. The molecule has 0 bridgehead atoms. The minimum Gasteiger partial charge on any atom is -0.317 e. The van der Waals surface area contributed by atoms with Crippen molar-refractivity contribution in [2.45, 2.75) is 44.9 Å². The van der Waals surface area contributed by atoms with Crippen LogP contribution in [-0.2, 0) is 35.8 Å². The summed E-state index contributed by atoms with van der Waals surface area (Å²) in [7, 11) is -3.67. The van der Waals surface area contributed by atoms with Crippen LogP contribution >= 0.6 is 0 Å². The number of carbonyl (C=O) groups is 4. The Morgan fingerprint density at radius 3 is 1.23 bits per heavy atom. The lowest BCUT2D eigenvalue weighted by molar-refractivity contribution is 0.0591. The normalized spacial score (nSPS) is 16.0. The molecule has 11 heteroatoms. The van der Waals surface area contributed by atoms with Crippen molar-refractivity contribution in [3.05, 3.63) is 93.0 Å². The number of imide groups is 2. The van der Waals surface area contributed by atoms with E-state index in [1.807, 2.05) is 48.5 Å². The van der Waals surface area contributed by atoms with E-state index in [4.69, 9.17) is 4.55 Å². The SMILES string of the molecule is CS(=O)(=O)O.O=C1c2ccc3c4c(ccc(c24)C(=O)N1CCCCNCCCN1C(=O)c2ccc4c5c(ccc(c25)C1=O)CC4)CC3. The topological polar surface area (TPSA) is 141 Å². The molecule has 0 saturated heterocycles. The summed E-state index contributed by atoms with van der Waals surface area (Å²) in [5.74, 6) is -0.799. The van der Waals surface area contributed by atoms with Gasteiger partial charge in [0.15, 0.2) is 0 Å². The minimum absolute atomic E-state index is 0.196. The first-order chi connectivity index (χ1) is 22.5. The highest BCUT2D eigenvalue weighted by Gasteiger charge is 2.36. The predicted molar refractivity (Wildman–Crippen MR) is 178 cm³/mol. The number of nitrogens with one attached hydrogen (secondary N) is 1. The number of unbranched alkanes of at least 4 members (excludes halogenated alkanes) is 1. The summed E-state index contributed by atoms with van der Waals surface area (Å²) in [5.41, 5.74) is 7.46. The molecule has 242 valence electrons. The van der Waals surface area contributed by atoms with Gasteiger partial charge in [0.25, 0.3) is 33.7 Å². The van der Waals surface area contributed by atoms with Crippen molar-refractivity contribution in [2.75, 3.05) is 32.4 Å². The van der Waals surface area contributed by atoms with Crippen molar-refractivity contribution in [3.8, 4) is 0 Å². The molecular formula is C36H35N3O7S. The lowest BCUT2D eigenvalue weighted by Gasteiger charge is -2.28. The predicted octanol–water partition coefficient (Wildman–Crippen LogP) is 4.35. The number of rotatable bonds is 9. The number of hydrogen-bond donors (Lipinski definition) is 2. The van der Waals surface area contributed by atoms with Gasteiger partial charge in [-0.05, 0) is 115 Å². The quantitative estimate of drug-likeness (QED) is 0.154. The first-order valence-corrected chi connectivity index (χ1v) is 17.9. The molecule has 4 aromatic rings. The van der Waals surface area contributed by atoms with Crippen LogP contribution in [0.2, 0.25) is 0 Å². The highest BCUT2D eigenvalue weighted by atomic mass is 32.2. The molecule has 2 heterocycles. The van der Waals surface area contributed by atoms with Crippen LogP contribution in [0.1, 0.15) is 82.9 Å². The summed E-state index contributed by atoms with van der Waals surface area (Å²) in [6.07, 6.45) is 6.73. The van der Waals surface area contributed by atoms with E-state index in [0.717, 1.165) is 60.2 Å². The Kier molecular flexibility index (Phi) is 7.94. The highest BCUT2D eigenvalue weighted by molar-refractivity contribution is 7.85. The van der Waals surface area contributed by atoms with E-state index in [9.17, 15) is 27.6 Å². The zero-order chi connectivity index (χ0) is 33.0. The smallest absolute Gasteiger partial charge is 0.261 e. The average Bonchev–Trinajstić information content (AvgIpc) is 3.66. The van der Waals surface area contributed by atoms with Gasteiger partial charge in [0.2, 0.25) is 0 Å². The molecule has 4 aromatic carbocycles. The Morgan fingerprint density at radius 2 is 0.872 bits per heavy atom. The molecule has 0 unspecified atom stereocenters. The zero-order valence-electron chi connectivity index (χ0n) is 26.1. The molecular weight excluding hydrogens is 618 g/mol. The summed E-state index contributed by atoms with van der Waals surface area (Å²) < 4.78 is 25.9. The van der Waals surface area contributed by atoms with Crippen LogP contribution in [0.3, 0.4) is 0 Å². The number of amides is 4. The molecule has 0 spiro atoms. The van der Waals surface area contributed by atoms with Crippen molar-refractivity contribution < 1.29 is 32.1 Å². The number of nitrogens with zero attached hydrogens (tertiary/aromatic N) is 2. The average molecular weight is 654 g/mol. The third-order valence-electron chi connectivity index (χ3n) is 9.62. The van der Waals surface area contributed by atoms with Gasteiger partial charge < -0.3 is 5.32 Å². The van der Waals surface area contributed by atoms with E-state index >= 15 is 0 Å². The maximum Gasteiger partial charge on any atom is 0.261 e. The summed E-state index contributed by atoms with van der Waals surface area (Å²) in [6.45, 7) is 2.14. The van der Waals surface area contributed by atoms with Crippen LogP contribution in [-0.4, -0.2) is 78.8 Å². The molecule has 2 N–H and O–H groups in total. The van der Waals surface area contributed by atoms with Gasteiger partial charge in [0.1, 0.15) is 0 Å². The molecule has 0 radical (unpaired) electrons. The fourth-order valence-corrected chi connectivity index (χ4v) is 7.55. The second-order valence-electron chi connectivity index (χ2n) is 12.7. The van der Waals surface area contributed by atoms with Crippen molar-refractivity contribution in [1.82, 2.24) is 15.1 Å². The monoisotopic (exact) mass is 653 g/mol. The molecule has 2 aliphatic heterocycles. The van der Waals surface area contributed by atoms with E-state index in [1.54, 1.807) is 0 Å². The third kappa shape index (κ3) is 5.52. The molecule has 47 heavy (non-hydrogen) atoms. The van der Waals surface area contributed by atoms with Crippen LogP contribution in [0.4, 0.5) is 0 Å². The third-order valence-corrected chi connectivity index (χ3v) is 9.62. The first-order valence-electron chi connectivity index (χ1n) is 16.0. The molecule has 10 nitrogen and oxygen atoms in total. The summed E-state index contributed by atoms with van der Waals surface area (Å²) in [5, 5.41) is 7.29. The Morgan fingerprint density at radius 1 is 0.553 bits per heavy atom. The van der Waals surface area contributed by atoms with Crippen molar-refractivity contribution in [2.24, 2.45) is 0 Å². The van der Waals surface area contributed by atoms with Crippen LogP contribution in [0, 0.1) is 0 Å². The number of aryl methyl sites for hydroxylation is 4. The van der Waals surface area contributed by atoms with E-state index < -0.39 is 10.1 Å².